The van der Waals surface area contributed by atoms with Crippen LogP contribution in [0.2, 0.25) is 0 Å². The van der Waals surface area contributed by atoms with Gasteiger partial charge in [0.05, 0.1) is 12.5 Å². The maximum absolute atomic E-state index is 13.0. The van der Waals surface area contributed by atoms with E-state index in [0.717, 1.165) is 30.8 Å². The van der Waals surface area contributed by atoms with Crippen LogP contribution >= 0.6 is 0 Å². The van der Waals surface area contributed by atoms with Gasteiger partial charge in [-0.2, -0.15) is 0 Å². The first kappa shape index (κ1) is 17.6. The summed E-state index contributed by atoms with van der Waals surface area (Å²) >= 11 is 0. The Morgan fingerprint density at radius 2 is 1.67 bits per heavy atom. The number of rotatable bonds is 4. The lowest BCUT2D eigenvalue weighted by molar-refractivity contribution is -0.138. The molecule has 0 saturated carbocycles. The molecule has 2 atom stereocenters. The molecular formula is C22H24N2O3. The third-order valence-corrected chi connectivity index (χ3v) is 5.28. The predicted octanol–water partition coefficient (Wildman–Crippen LogP) is 3.11. The van der Waals surface area contributed by atoms with Crippen LogP contribution in [0.25, 0.3) is 0 Å². The van der Waals surface area contributed by atoms with Crippen LogP contribution in [-0.2, 0) is 9.59 Å². The number of piperidine rings is 1. The monoisotopic (exact) mass is 364 g/mol. The minimum Gasteiger partial charge on any atom is -0.489 e. The van der Waals surface area contributed by atoms with Crippen LogP contribution in [0.1, 0.15) is 19.3 Å². The van der Waals surface area contributed by atoms with Crippen LogP contribution in [0.5, 0.6) is 5.75 Å². The number of benzene rings is 2. The summed E-state index contributed by atoms with van der Waals surface area (Å²) in [6, 6.07) is 19.3. The van der Waals surface area contributed by atoms with Gasteiger partial charge in [-0.1, -0.05) is 36.4 Å². The Morgan fingerprint density at radius 1 is 0.963 bits per heavy atom. The van der Waals surface area contributed by atoms with Gasteiger partial charge in [-0.25, -0.2) is 0 Å². The molecule has 0 spiro atoms. The Kier molecular flexibility index (Phi) is 5.10. The van der Waals surface area contributed by atoms with Crippen LogP contribution in [0.3, 0.4) is 0 Å². The number of para-hydroxylation sites is 2. The zero-order valence-corrected chi connectivity index (χ0v) is 15.3. The van der Waals surface area contributed by atoms with Crippen LogP contribution in [0.15, 0.2) is 60.7 Å². The van der Waals surface area contributed by atoms with E-state index in [9.17, 15) is 9.59 Å². The lowest BCUT2D eigenvalue weighted by Gasteiger charge is -2.34. The average Bonchev–Trinajstić information content (AvgIpc) is 3.11. The third-order valence-electron chi connectivity index (χ3n) is 5.28. The highest BCUT2D eigenvalue weighted by molar-refractivity contribution is 6.00. The second-order valence-electron chi connectivity index (χ2n) is 7.22. The molecule has 27 heavy (non-hydrogen) atoms. The minimum atomic E-state index is -0.270. The highest BCUT2D eigenvalue weighted by atomic mass is 16.5. The maximum Gasteiger partial charge on any atom is 0.228 e. The molecule has 0 aromatic heterocycles. The van der Waals surface area contributed by atoms with Crippen molar-refractivity contribution in [1.29, 1.82) is 0 Å². The maximum atomic E-state index is 13.0. The molecule has 5 nitrogen and oxygen atoms in total. The van der Waals surface area contributed by atoms with E-state index in [-0.39, 0.29) is 30.3 Å². The summed E-state index contributed by atoms with van der Waals surface area (Å²) in [6.07, 6.45) is 2.16. The van der Waals surface area contributed by atoms with Crippen molar-refractivity contribution < 1.29 is 14.3 Å². The Morgan fingerprint density at radius 3 is 2.41 bits per heavy atom. The van der Waals surface area contributed by atoms with E-state index in [2.05, 4.69) is 0 Å². The number of ether oxygens (including phenoxy) is 1. The van der Waals surface area contributed by atoms with Gasteiger partial charge < -0.3 is 14.5 Å². The van der Waals surface area contributed by atoms with Gasteiger partial charge in [0, 0.05) is 25.2 Å². The first-order valence-corrected chi connectivity index (χ1v) is 9.56. The number of nitrogens with zero attached hydrogens (tertiary/aromatic N) is 2. The van der Waals surface area contributed by atoms with Crippen molar-refractivity contribution in [2.45, 2.75) is 25.4 Å². The molecule has 2 aromatic carbocycles. The number of anilines is 1. The number of hydrogen-bond donors (Lipinski definition) is 0. The number of amides is 2. The van der Waals surface area contributed by atoms with E-state index in [4.69, 9.17) is 4.74 Å². The quantitative estimate of drug-likeness (QED) is 0.838. The Balaban J connectivity index is 1.38. The first-order valence-electron chi connectivity index (χ1n) is 9.56. The van der Waals surface area contributed by atoms with Gasteiger partial charge >= 0.3 is 0 Å². The Hall–Kier alpha value is -2.82. The number of likely N-dealkylation sites (tertiary alicyclic amines) is 1. The van der Waals surface area contributed by atoms with Crippen LogP contribution in [0.4, 0.5) is 5.69 Å². The lowest BCUT2D eigenvalue weighted by atomic mass is 10.0. The smallest absolute Gasteiger partial charge is 0.228 e. The zero-order valence-electron chi connectivity index (χ0n) is 15.3. The SMILES string of the molecule is O=C(C1CC(=O)N(c2ccccc2)C1)N1CCCC(Oc2ccccc2)C1. The standard InChI is InChI=1S/C22H24N2O3/c25-21-14-17(15-24(21)18-8-3-1-4-9-18)22(26)23-13-7-12-20(16-23)27-19-10-5-2-6-11-19/h1-6,8-11,17,20H,7,12-16H2. The summed E-state index contributed by atoms with van der Waals surface area (Å²) in [5.74, 6) is 0.660. The molecule has 0 radical (unpaired) electrons. The molecule has 4 rings (SSSR count). The van der Waals surface area contributed by atoms with Gasteiger partial charge in [0.25, 0.3) is 0 Å². The number of carbonyl (C=O) groups is 2. The normalized spacial score (nSPS) is 22.7. The van der Waals surface area contributed by atoms with Gasteiger partial charge in [-0.05, 0) is 37.1 Å². The molecule has 2 unspecified atom stereocenters. The van der Waals surface area contributed by atoms with Crippen molar-refractivity contribution in [3.63, 3.8) is 0 Å². The molecule has 0 N–H and O–H groups in total. The molecular weight excluding hydrogens is 340 g/mol. The number of carbonyl (C=O) groups excluding carboxylic acids is 2. The van der Waals surface area contributed by atoms with Crippen LogP contribution in [0, 0.1) is 5.92 Å². The molecule has 140 valence electrons. The molecule has 2 aliphatic heterocycles. The van der Waals surface area contributed by atoms with Gasteiger partial charge in [-0.15, -0.1) is 0 Å². The minimum absolute atomic E-state index is 0.00688. The largest absolute Gasteiger partial charge is 0.489 e. The highest BCUT2D eigenvalue weighted by Crippen LogP contribution is 2.27. The second-order valence-corrected chi connectivity index (χ2v) is 7.22. The van der Waals surface area contributed by atoms with E-state index >= 15 is 0 Å². The first-order chi connectivity index (χ1) is 13.2. The van der Waals surface area contributed by atoms with Crippen LogP contribution in [-0.4, -0.2) is 42.5 Å². The molecule has 0 aliphatic carbocycles. The molecule has 2 heterocycles. The Bertz CT molecular complexity index is 794. The fraction of sp³-hybridized carbons (Fsp3) is 0.364. The van der Waals surface area contributed by atoms with Gasteiger partial charge in [0.15, 0.2) is 0 Å². The van der Waals surface area contributed by atoms with E-state index in [0.29, 0.717) is 13.1 Å². The molecule has 0 bridgehead atoms. The van der Waals surface area contributed by atoms with E-state index in [1.54, 1.807) is 4.90 Å². The second kappa shape index (κ2) is 7.82. The van der Waals surface area contributed by atoms with Crippen molar-refractivity contribution in [2.24, 2.45) is 5.92 Å². The zero-order chi connectivity index (χ0) is 18.6. The fourth-order valence-electron chi connectivity index (χ4n) is 3.91. The molecule has 5 heteroatoms. The summed E-state index contributed by atoms with van der Waals surface area (Å²) in [5.41, 5.74) is 0.863. The summed E-state index contributed by atoms with van der Waals surface area (Å²) in [6.45, 7) is 1.79. The molecule has 2 fully saturated rings. The fourth-order valence-corrected chi connectivity index (χ4v) is 3.91. The molecule has 2 amide bonds. The summed E-state index contributed by atoms with van der Waals surface area (Å²) in [7, 11) is 0. The molecule has 2 saturated heterocycles. The molecule has 2 aromatic rings. The highest BCUT2D eigenvalue weighted by Gasteiger charge is 2.38. The average molecular weight is 364 g/mol. The van der Waals surface area contributed by atoms with Gasteiger partial charge in [0.2, 0.25) is 11.8 Å². The lowest BCUT2D eigenvalue weighted by Crippen LogP contribution is -2.47. The van der Waals surface area contributed by atoms with Crippen LogP contribution < -0.4 is 9.64 Å². The summed E-state index contributed by atoms with van der Waals surface area (Å²) in [5, 5.41) is 0. The van der Waals surface area contributed by atoms with Crippen molar-refractivity contribution in [1.82, 2.24) is 4.90 Å². The summed E-state index contributed by atoms with van der Waals surface area (Å²) < 4.78 is 6.04. The van der Waals surface area contributed by atoms with Gasteiger partial charge in [0.1, 0.15) is 11.9 Å². The molecule has 2 aliphatic rings. The van der Waals surface area contributed by atoms with Gasteiger partial charge in [-0.3, -0.25) is 9.59 Å². The third kappa shape index (κ3) is 3.97. The van der Waals surface area contributed by atoms with Crippen molar-refractivity contribution in [3.8, 4) is 5.75 Å². The van der Waals surface area contributed by atoms with E-state index in [1.807, 2.05) is 65.6 Å². The summed E-state index contributed by atoms with van der Waals surface area (Å²) in [4.78, 5) is 29.0. The predicted molar refractivity (Wildman–Crippen MR) is 104 cm³/mol. The van der Waals surface area contributed by atoms with E-state index < -0.39 is 0 Å². The van der Waals surface area contributed by atoms with Crippen molar-refractivity contribution in [2.75, 3.05) is 24.5 Å². The topological polar surface area (TPSA) is 49.9 Å². The Labute approximate surface area is 159 Å². The van der Waals surface area contributed by atoms with Crippen molar-refractivity contribution in [3.05, 3.63) is 60.7 Å². The van der Waals surface area contributed by atoms with Crippen molar-refractivity contribution >= 4 is 17.5 Å². The van der Waals surface area contributed by atoms with E-state index in [1.165, 1.54) is 0 Å². The number of hydrogen-bond acceptors (Lipinski definition) is 3.